The lowest BCUT2D eigenvalue weighted by atomic mass is 10.4. The van der Waals surface area contributed by atoms with Gasteiger partial charge in [0.15, 0.2) is 0 Å². The van der Waals surface area contributed by atoms with Crippen LogP contribution < -0.4 is 5.43 Å². The summed E-state index contributed by atoms with van der Waals surface area (Å²) in [5.74, 6) is 0. The third-order valence-corrected chi connectivity index (χ3v) is 1.41. The van der Waals surface area contributed by atoms with Crippen LogP contribution in [0.5, 0.6) is 0 Å². The van der Waals surface area contributed by atoms with E-state index in [1.165, 1.54) is 6.42 Å². The van der Waals surface area contributed by atoms with Gasteiger partial charge < -0.3 is 5.01 Å². The quantitative estimate of drug-likeness (QED) is 0.596. The van der Waals surface area contributed by atoms with Gasteiger partial charge in [0.05, 0.1) is 0 Å². The van der Waals surface area contributed by atoms with Gasteiger partial charge in [0.2, 0.25) is 0 Å². The lowest BCUT2D eigenvalue weighted by Gasteiger charge is -2.09. The van der Waals surface area contributed by atoms with Crippen molar-refractivity contribution in [1.82, 2.24) is 10.4 Å². The van der Waals surface area contributed by atoms with E-state index in [0.717, 1.165) is 19.5 Å². The van der Waals surface area contributed by atoms with Gasteiger partial charge in [0.25, 0.3) is 0 Å². The molecule has 52 valence electrons. The van der Waals surface area contributed by atoms with Crippen LogP contribution >= 0.6 is 0 Å². The minimum Gasteiger partial charge on any atom is -0.316 e. The molecule has 0 saturated carbocycles. The minimum atomic E-state index is 1.12. The van der Waals surface area contributed by atoms with Crippen LogP contribution in [0.1, 0.15) is 19.8 Å². The standard InChI is InChI=1S/C7H14N2/c1-2-3-6-9-7-4-5-8-9/h3,6,8H,2,4-5,7H2,1H3/b6-3+. The highest BCUT2D eigenvalue weighted by atomic mass is 15.5. The SMILES string of the molecule is CC/C=C/N1CCCN1. The van der Waals surface area contributed by atoms with Crippen molar-refractivity contribution in [3.05, 3.63) is 12.3 Å². The Balaban J connectivity index is 2.18. The molecule has 1 aliphatic rings. The Hall–Kier alpha value is -0.500. The second kappa shape index (κ2) is 3.51. The van der Waals surface area contributed by atoms with E-state index < -0.39 is 0 Å². The number of nitrogens with one attached hydrogen (secondary N) is 1. The molecule has 0 aromatic carbocycles. The van der Waals surface area contributed by atoms with E-state index in [1.54, 1.807) is 0 Å². The molecule has 1 fully saturated rings. The van der Waals surface area contributed by atoms with Crippen LogP contribution in [0.4, 0.5) is 0 Å². The molecule has 0 aromatic heterocycles. The monoisotopic (exact) mass is 126 g/mol. The van der Waals surface area contributed by atoms with Crippen molar-refractivity contribution in [3.8, 4) is 0 Å². The highest BCUT2D eigenvalue weighted by Crippen LogP contribution is 1.96. The lowest BCUT2D eigenvalue weighted by Crippen LogP contribution is -2.24. The highest BCUT2D eigenvalue weighted by molar-refractivity contribution is 4.81. The summed E-state index contributed by atoms with van der Waals surface area (Å²) in [4.78, 5) is 0. The maximum atomic E-state index is 3.24. The molecule has 1 rings (SSSR count). The molecule has 0 spiro atoms. The van der Waals surface area contributed by atoms with Crippen LogP contribution in [0.25, 0.3) is 0 Å². The lowest BCUT2D eigenvalue weighted by molar-refractivity contribution is 0.358. The molecule has 1 heterocycles. The van der Waals surface area contributed by atoms with Crippen LogP contribution in [0.3, 0.4) is 0 Å². The van der Waals surface area contributed by atoms with Crippen LogP contribution in [0.2, 0.25) is 0 Å². The molecule has 9 heavy (non-hydrogen) atoms. The Bertz CT molecular complexity index is 93.1. The Morgan fingerprint density at radius 3 is 3.11 bits per heavy atom. The van der Waals surface area contributed by atoms with E-state index >= 15 is 0 Å². The van der Waals surface area contributed by atoms with Crippen molar-refractivity contribution in [3.63, 3.8) is 0 Å². The highest BCUT2D eigenvalue weighted by Gasteiger charge is 2.03. The first-order valence-corrected chi connectivity index (χ1v) is 3.60. The zero-order valence-electron chi connectivity index (χ0n) is 5.93. The maximum Gasteiger partial charge on any atom is 0.0350 e. The Kier molecular flexibility index (Phi) is 2.58. The van der Waals surface area contributed by atoms with Gasteiger partial charge in [-0.15, -0.1) is 0 Å². The number of hydrazine groups is 1. The fourth-order valence-electron chi connectivity index (χ4n) is 0.911. The summed E-state index contributed by atoms with van der Waals surface area (Å²) >= 11 is 0. The topological polar surface area (TPSA) is 15.3 Å². The van der Waals surface area contributed by atoms with Crippen LogP contribution in [0, 0.1) is 0 Å². The van der Waals surface area contributed by atoms with Gasteiger partial charge in [0.1, 0.15) is 0 Å². The number of hydrogen-bond acceptors (Lipinski definition) is 2. The summed E-state index contributed by atoms with van der Waals surface area (Å²) < 4.78 is 0. The minimum absolute atomic E-state index is 1.12. The molecule has 0 aromatic rings. The van der Waals surface area contributed by atoms with E-state index in [4.69, 9.17) is 0 Å². The van der Waals surface area contributed by atoms with Crippen molar-refractivity contribution >= 4 is 0 Å². The van der Waals surface area contributed by atoms with E-state index in [9.17, 15) is 0 Å². The summed E-state index contributed by atoms with van der Waals surface area (Å²) in [6.45, 7) is 4.44. The van der Waals surface area contributed by atoms with Gasteiger partial charge in [-0.3, -0.25) is 0 Å². The normalized spacial score (nSPS) is 19.9. The zero-order valence-corrected chi connectivity index (χ0v) is 5.93. The van der Waals surface area contributed by atoms with Gasteiger partial charge in [0, 0.05) is 19.3 Å². The molecular weight excluding hydrogens is 112 g/mol. The average molecular weight is 126 g/mol. The Labute approximate surface area is 56.5 Å². The first-order valence-electron chi connectivity index (χ1n) is 3.60. The molecule has 0 radical (unpaired) electrons. The van der Waals surface area contributed by atoms with Gasteiger partial charge in [-0.1, -0.05) is 13.0 Å². The number of hydrogen-bond donors (Lipinski definition) is 1. The number of rotatable bonds is 2. The number of allylic oxidation sites excluding steroid dienone is 1. The Morgan fingerprint density at radius 1 is 1.67 bits per heavy atom. The van der Waals surface area contributed by atoms with Gasteiger partial charge in [-0.05, 0) is 12.8 Å². The average Bonchev–Trinajstić information content (AvgIpc) is 2.34. The molecule has 1 N–H and O–H groups in total. The van der Waals surface area contributed by atoms with E-state index in [1.807, 2.05) is 0 Å². The van der Waals surface area contributed by atoms with E-state index in [-0.39, 0.29) is 0 Å². The molecule has 0 aliphatic carbocycles. The molecule has 0 bridgehead atoms. The number of nitrogens with zero attached hydrogens (tertiary/aromatic N) is 1. The molecular formula is C7H14N2. The van der Waals surface area contributed by atoms with Crippen LogP contribution in [-0.4, -0.2) is 18.1 Å². The summed E-state index contributed by atoms with van der Waals surface area (Å²) in [7, 11) is 0. The third kappa shape index (κ3) is 2.06. The second-order valence-corrected chi connectivity index (χ2v) is 2.25. The predicted molar refractivity (Wildman–Crippen MR) is 38.8 cm³/mol. The molecule has 0 unspecified atom stereocenters. The molecule has 2 heteroatoms. The smallest absolute Gasteiger partial charge is 0.0350 e. The van der Waals surface area contributed by atoms with Gasteiger partial charge >= 0.3 is 0 Å². The Morgan fingerprint density at radius 2 is 2.56 bits per heavy atom. The zero-order chi connectivity index (χ0) is 6.53. The summed E-state index contributed by atoms with van der Waals surface area (Å²) in [5, 5.41) is 2.14. The van der Waals surface area contributed by atoms with Crippen molar-refractivity contribution < 1.29 is 0 Å². The fourth-order valence-corrected chi connectivity index (χ4v) is 0.911. The summed E-state index contributed by atoms with van der Waals surface area (Å²) in [6, 6.07) is 0. The van der Waals surface area contributed by atoms with Crippen molar-refractivity contribution in [2.75, 3.05) is 13.1 Å². The predicted octanol–water partition coefficient (Wildman–Crippen LogP) is 1.12. The van der Waals surface area contributed by atoms with Crippen molar-refractivity contribution in [1.29, 1.82) is 0 Å². The van der Waals surface area contributed by atoms with Gasteiger partial charge in [-0.2, -0.15) is 0 Å². The molecule has 2 nitrogen and oxygen atoms in total. The van der Waals surface area contributed by atoms with Crippen molar-refractivity contribution in [2.45, 2.75) is 19.8 Å². The first kappa shape index (κ1) is 6.62. The van der Waals surface area contributed by atoms with Crippen molar-refractivity contribution in [2.24, 2.45) is 0 Å². The van der Waals surface area contributed by atoms with Crippen LogP contribution in [0.15, 0.2) is 12.3 Å². The van der Waals surface area contributed by atoms with Crippen LogP contribution in [-0.2, 0) is 0 Å². The maximum absolute atomic E-state index is 3.24. The largest absolute Gasteiger partial charge is 0.316 e. The van der Waals surface area contributed by atoms with E-state index in [0.29, 0.717) is 0 Å². The second-order valence-electron chi connectivity index (χ2n) is 2.25. The first-order chi connectivity index (χ1) is 4.43. The molecule has 1 aliphatic heterocycles. The molecule has 0 atom stereocenters. The van der Waals surface area contributed by atoms with Gasteiger partial charge in [-0.25, -0.2) is 5.43 Å². The third-order valence-electron chi connectivity index (χ3n) is 1.41. The summed E-state index contributed by atoms with van der Waals surface area (Å²) in [5.41, 5.74) is 3.24. The fraction of sp³-hybridized carbons (Fsp3) is 0.714. The van der Waals surface area contributed by atoms with E-state index in [2.05, 4.69) is 29.6 Å². The molecule has 0 amide bonds. The summed E-state index contributed by atoms with van der Waals surface area (Å²) in [6.07, 6.45) is 6.68. The molecule has 1 saturated heterocycles.